The van der Waals surface area contributed by atoms with Crippen molar-refractivity contribution in [3.8, 4) is 5.75 Å². The van der Waals surface area contributed by atoms with Gasteiger partial charge in [0, 0.05) is 30.7 Å². The van der Waals surface area contributed by atoms with Crippen LogP contribution in [0.2, 0.25) is 0 Å². The van der Waals surface area contributed by atoms with E-state index in [9.17, 15) is 12.6 Å². The van der Waals surface area contributed by atoms with Crippen LogP contribution in [0.15, 0.2) is 48.5 Å². The zero-order valence-electron chi connectivity index (χ0n) is 16.3. The number of hydrogen-bond acceptors (Lipinski definition) is 5. The second-order valence-corrected chi connectivity index (χ2v) is 9.41. The third-order valence-corrected chi connectivity index (χ3v) is 5.03. The number of likely N-dealkylation sites (N-methyl/N-ethyl adjacent to an activating group) is 1. The lowest BCUT2D eigenvalue weighted by atomic mass is 10.1. The topological polar surface area (TPSA) is 87.7 Å². The number of nitrogens with one attached hydrogen (secondary N) is 2. The van der Waals surface area contributed by atoms with Crippen LogP contribution in [0, 0.1) is 0 Å². The van der Waals surface area contributed by atoms with E-state index in [4.69, 9.17) is 4.74 Å². The minimum atomic E-state index is -3.25. The SMILES string of the molecule is CN(CCOc1ccc(NS(C)=O)cc1)CCc1ccc(NS(C)(=O)=O)cc1. The van der Waals surface area contributed by atoms with Crippen molar-refractivity contribution in [1.29, 1.82) is 0 Å². The Hall–Kier alpha value is -2.10. The fourth-order valence-electron chi connectivity index (χ4n) is 2.49. The van der Waals surface area contributed by atoms with Crippen molar-refractivity contribution in [3.05, 3.63) is 54.1 Å². The number of sulfonamides is 1. The van der Waals surface area contributed by atoms with Crippen LogP contribution in [0.1, 0.15) is 5.56 Å². The average molecular weight is 426 g/mol. The monoisotopic (exact) mass is 425 g/mol. The van der Waals surface area contributed by atoms with E-state index in [0.29, 0.717) is 12.3 Å². The summed E-state index contributed by atoms with van der Waals surface area (Å²) in [4.78, 5) is 2.18. The molecule has 0 fully saturated rings. The summed E-state index contributed by atoms with van der Waals surface area (Å²) in [7, 11) is -2.30. The molecule has 7 nitrogen and oxygen atoms in total. The molecule has 0 aliphatic rings. The lowest BCUT2D eigenvalue weighted by Crippen LogP contribution is -2.26. The van der Waals surface area contributed by atoms with Crippen LogP contribution >= 0.6 is 0 Å². The Morgan fingerprint density at radius 1 is 1.00 bits per heavy atom. The van der Waals surface area contributed by atoms with Gasteiger partial charge in [-0.05, 0) is 55.4 Å². The van der Waals surface area contributed by atoms with Crippen molar-refractivity contribution in [1.82, 2.24) is 4.90 Å². The van der Waals surface area contributed by atoms with Gasteiger partial charge in [-0.3, -0.25) is 4.72 Å². The molecule has 0 spiro atoms. The van der Waals surface area contributed by atoms with Crippen LogP contribution in [0.4, 0.5) is 11.4 Å². The van der Waals surface area contributed by atoms with Crippen molar-refractivity contribution in [2.75, 3.05) is 48.7 Å². The Bertz CT molecular complexity index is 869. The number of benzene rings is 2. The summed E-state index contributed by atoms with van der Waals surface area (Å²) >= 11 is 0. The van der Waals surface area contributed by atoms with Gasteiger partial charge in [0.1, 0.15) is 23.3 Å². The lowest BCUT2D eigenvalue weighted by Gasteiger charge is -2.17. The molecule has 0 bridgehead atoms. The van der Waals surface area contributed by atoms with Crippen molar-refractivity contribution < 1.29 is 17.4 Å². The molecule has 0 aliphatic heterocycles. The van der Waals surface area contributed by atoms with Gasteiger partial charge in [-0.2, -0.15) is 0 Å². The van der Waals surface area contributed by atoms with Gasteiger partial charge in [0.15, 0.2) is 0 Å². The highest BCUT2D eigenvalue weighted by Gasteiger charge is 2.04. The van der Waals surface area contributed by atoms with Crippen LogP contribution in [0.3, 0.4) is 0 Å². The largest absolute Gasteiger partial charge is 0.492 e. The Morgan fingerprint density at radius 3 is 2.18 bits per heavy atom. The normalized spacial score (nSPS) is 12.6. The van der Waals surface area contributed by atoms with Crippen molar-refractivity contribution >= 4 is 32.4 Å². The fourth-order valence-corrected chi connectivity index (χ4v) is 3.52. The Balaban J connectivity index is 1.69. The van der Waals surface area contributed by atoms with E-state index in [1.807, 2.05) is 43.4 Å². The molecule has 0 heterocycles. The number of ether oxygens (including phenoxy) is 1. The Morgan fingerprint density at radius 2 is 1.61 bits per heavy atom. The number of rotatable bonds is 11. The molecule has 2 aromatic carbocycles. The van der Waals surface area contributed by atoms with E-state index in [2.05, 4.69) is 14.3 Å². The highest BCUT2D eigenvalue weighted by atomic mass is 32.2. The minimum absolute atomic E-state index is 0.569. The van der Waals surface area contributed by atoms with Gasteiger partial charge in [-0.1, -0.05) is 12.1 Å². The number of anilines is 2. The molecule has 28 heavy (non-hydrogen) atoms. The van der Waals surface area contributed by atoms with Crippen LogP contribution in [0.5, 0.6) is 5.75 Å². The Labute approximate surface area is 169 Å². The first-order valence-corrected chi connectivity index (χ1v) is 12.2. The standard InChI is InChI=1S/C19H27N3O4S2/c1-22(13-12-16-4-6-18(7-5-16)21-28(3,24)25)14-15-26-19-10-8-17(9-11-19)20-27(2)23/h4-11,20-21H,12-15H2,1-3H3. The van der Waals surface area contributed by atoms with Gasteiger partial charge < -0.3 is 14.4 Å². The smallest absolute Gasteiger partial charge is 0.229 e. The molecule has 9 heteroatoms. The molecular formula is C19H27N3O4S2. The first-order chi connectivity index (χ1) is 13.2. The highest BCUT2D eigenvalue weighted by Crippen LogP contribution is 2.16. The molecule has 2 aromatic rings. The predicted molar refractivity (Wildman–Crippen MR) is 116 cm³/mol. The molecule has 0 aliphatic carbocycles. The lowest BCUT2D eigenvalue weighted by molar-refractivity contribution is 0.239. The summed E-state index contributed by atoms with van der Waals surface area (Å²) in [5.41, 5.74) is 2.51. The predicted octanol–water partition coefficient (Wildman–Crippen LogP) is 2.32. The number of hydrogen-bond donors (Lipinski definition) is 2. The molecule has 1 atom stereocenters. The van der Waals surface area contributed by atoms with E-state index >= 15 is 0 Å². The van der Waals surface area contributed by atoms with Gasteiger partial charge in [0.05, 0.1) is 6.26 Å². The molecule has 2 N–H and O–H groups in total. The zero-order valence-corrected chi connectivity index (χ0v) is 18.0. The fraction of sp³-hybridized carbons (Fsp3) is 0.368. The zero-order chi connectivity index (χ0) is 20.6. The van der Waals surface area contributed by atoms with Gasteiger partial charge >= 0.3 is 0 Å². The van der Waals surface area contributed by atoms with Crippen molar-refractivity contribution in [2.45, 2.75) is 6.42 Å². The summed E-state index contributed by atoms with van der Waals surface area (Å²) < 4.78 is 44.6. The van der Waals surface area contributed by atoms with E-state index in [1.165, 1.54) is 0 Å². The molecule has 154 valence electrons. The average Bonchev–Trinajstić information content (AvgIpc) is 2.61. The van der Waals surface area contributed by atoms with E-state index in [1.54, 1.807) is 18.4 Å². The van der Waals surface area contributed by atoms with Gasteiger partial charge in [-0.15, -0.1) is 0 Å². The quantitative estimate of drug-likeness (QED) is 0.577. The second kappa shape index (κ2) is 10.4. The maximum absolute atomic E-state index is 11.2. The maximum atomic E-state index is 11.2. The first-order valence-electron chi connectivity index (χ1n) is 8.79. The summed E-state index contributed by atoms with van der Waals surface area (Å²) in [5.74, 6) is 0.773. The summed E-state index contributed by atoms with van der Waals surface area (Å²) in [6.07, 6.45) is 3.59. The molecular weight excluding hydrogens is 398 g/mol. The second-order valence-electron chi connectivity index (χ2n) is 6.55. The van der Waals surface area contributed by atoms with Crippen LogP contribution in [0.25, 0.3) is 0 Å². The molecule has 0 amide bonds. The van der Waals surface area contributed by atoms with Gasteiger partial charge in [0.25, 0.3) is 0 Å². The van der Waals surface area contributed by atoms with Gasteiger partial charge in [0.2, 0.25) is 10.0 Å². The van der Waals surface area contributed by atoms with Crippen LogP contribution < -0.4 is 14.2 Å². The third-order valence-electron chi connectivity index (χ3n) is 3.90. The third kappa shape index (κ3) is 8.73. The van der Waals surface area contributed by atoms with Crippen LogP contribution in [-0.2, 0) is 27.4 Å². The molecule has 0 radical (unpaired) electrons. The summed E-state index contributed by atoms with van der Waals surface area (Å²) in [5, 5.41) is 0. The van der Waals surface area contributed by atoms with Crippen molar-refractivity contribution in [3.63, 3.8) is 0 Å². The maximum Gasteiger partial charge on any atom is 0.229 e. The molecule has 1 unspecified atom stereocenters. The molecule has 2 rings (SSSR count). The molecule has 0 saturated heterocycles. The highest BCUT2D eigenvalue weighted by molar-refractivity contribution is 7.92. The molecule has 0 aromatic heterocycles. The Kier molecular flexibility index (Phi) is 8.28. The van der Waals surface area contributed by atoms with E-state index < -0.39 is 21.0 Å². The minimum Gasteiger partial charge on any atom is -0.492 e. The van der Waals surface area contributed by atoms with E-state index in [0.717, 1.165) is 42.8 Å². The number of nitrogens with zero attached hydrogens (tertiary/aromatic N) is 1. The van der Waals surface area contributed by atoms with Gasteiger partial charge in [-0.25, -0.2) is 12.6 Å². The summed E-state index contributed by atoms with van der Waals surface area (Å²) in [6.45, 7) is 2.22. The van der Waals surface area contributed by atoms with Crippen LogP contribution in [-0.4, -0.2) is 56.8 Å². The van der Waals surface area contributed by atoms with E-state index in [-0.39, 0.29) is 0 Å². The van der Waals surface area contributed by atoms with Crippen molar-refractivity contribution in [2.24, 2.45) is 0 Å². The summed E-state index contributed by atoms with van der Waals surface area (Å²) in [6, 6.07) is 14.8. The first kappa shape index (κ1) is 22.2. The molecule has 0 saturated carbocycles.